The lowest BCUT2D eigenvalue weighted by atomic mass is 10.3. The number of hydrogen-bond donors (Lipinski definition) is 3. The molecule has 8 heteroatoms. The highest BCUT2D eigenvalue weighted by Gasteiger charge is 2.14. The molecule has 3 N–H and O–H groups in total. The Labute approximate surface area is 143 Å². The first-order chi connectivity index (χ1) is 10.9. The van der Waals surface area contributed by atoms with Gasteiger partial charge in [-0.2, -0.15) is 0 Å². The van der Waals surface area contributed by atoms with Gasteiger partial charge < -0.3 is 10.1 Å². The third-order valence-electron chi connectivity index (χ3n) is 2.55. The average Bonchev–Trinajstić information content (AvgIpc) is 2.48. The lowest BCUT2D eigenvalue weighted by Crippen LogP contribution is -2.49. The average molecular weight is 386 g/mol. The topological polar surface area (TPSA) is 96.5 Å². The second kappa shape index (κ2) is 9.83. The van der Waals surface area contributed by atoms with Crippen molar-refractivity contribution >= 4 is 33.7 Å². The summed E-state index contributed by atoms with van der Waals surface area (Å²) in [5, 5.41) is 2.42. The number of halogens is 1. The molecule has 0 fully saturated rings. The van der Waals surface area contributed by atoms with Gasteiger partial charge in [-0.25, -0.2) is 0 Å². The van der Waals surface area contributed by atoms with Crippen LogP contribution in [0.25, 0.3) is 0 Å². The maximum atomic E-state index is 11.5. The fraction of sp³-hybridized carbons (Fsp3) is 0.400. The molecule has 0 spiro atoms. The first-order valence-electron chi connectivity index (χ1n) is 7.16. The molecule has 0 aliphatic rings. The molecule has 0 saturated carbocycles. The van der Waals surface area contributed by atoms with E-state index in [9.17, 15) is 14.4 Å². The van der Waals surface area contributed by atoms with Crippen LogP contribution in [0, 0.1) is 0 Å². The van der Waals surface area contributed by atoms with E-state index in [0.717, 1.165) is 4.47 Å². The van der Waals surface area contributed by atoms with E-state index in [1.165, 1.54) is 0 Å². The summed E-state index contributed by atoms with van der Waals surface area (Å²) < 4.78 is 6.40. The SMILES string of the molecule is CC(C)NC(=O)C(=O)NNC(=O)CCCOc1cccc(Br)c1. The van der Waals surface area contributed by atoms with Crippen molar-refractivity contribution in [2.24, 2.45) is 0 Å². The predicted molar refractivity (Wildman–Crippen MR) is 88.4 cm³/mol. The van der Waals surface area contributed by atoms with Crippen molar-refractivity contribution in [1.82, 2.24) is 16.2 Å². The summed E-state index contributed by atoms with van der Waals surface area (Å²) in [6, 6.07) is 7.23. The quantitative estimate of drug-likeness (QED) is 0.390. The third-order valence-corrected chi connectivity index (χ3v) is 3.05. The number of amides is 3. The molecule has 0 heterocycles. The Kier molecular flexibility index (Phi) is 8.10. The fourth-order valence-corrected chi connectivity index (χ4v) is 1.93. The number of carbonyl (C=O) groups is 3. The van der Waals surface area contributed by atoms with Crippen LogP contribution in [-0.2, 0) is 14.4 Å². The summed E-state index contributed by atoms with van der Waals surface area (Å²) in [6.45, 7) is 3.83. The molecule has 0 saturated heterocycles. The Bertz CT molecular complexity index is 563. The van der Waals surface area contributed by atoms with Gasteiger partial charge in [-0.1, -0.05) is 22.0 Å². The zero-order chi connectivity index (χ0) is 17.2. The third kappa shape index (κ3) is 8.20. The van der Waals surface area contributed by atoms with Crippen LogP contribution in [0.15, 0.2) is 28.7 Å². The van der Waals surface area contributed by atoms with E-state index in [4.69, 9.17) is 4.74 Å². The van der Waals surface area contributed by atoms with E-state index < -0.39 is 17.7 Å². The molecule has 3 amide bonds. The summed E-state index contributed by atoms with van der Waals surface area (Å²) in [7, 11) is 0. The van der Waals surface area contributed by atoms with E-state index in [1.54, 1.807) is 13.8 Å². The largest absolute Gasteiger partial charge is 0.494 e. The van der Waals surface area contributed by atoms with Crippen molar-refractivity contribution in [3.8, 4) is 5.75 Å². The van der Waals surface area contributed by atoms with Gasteiger partial charge in [-0.15, -0.1) is 0 Å². The molecule has 0 aliphatic heterocycles. The molecule has 0 atom stereocenters. The van der Waals surface area contributed by atoms with E-state index in [1.807, 2.05) is 24.3 Å². The summed E-state index contributed by atoms with van der Waals surface area (Å²) in [5.74, 6) is -1.39. The molecule has 0 unspecified atom stereocenters. The molecule has 23 heavy (non-hydrogen) atoms. The maximum Gasteiger partial charge on any atom is 0.327 e. The van der Waals surface area contributed by atoms with Gasteiger partial charge in [0.2, 0.25) is 5.91 Å². The maximum absolute atomic E-state index is 11.5. The molecule has 7 nitrogen and oxygen atoms in total. The Balaban J connectivity index is 2.17. The molecule has 0 bridgehead atoms. The molecule has 126 valence electrons. The number of hydrogen-bond acceptors (Lipinski definition) is 4. The number of benzene rings is 1. The van der Waals surface area contributed by atoms with Crippen molar-refractivity contribution in [3.05, 3.63) is 28.7 Å². The van der Waals surface area contributed by atoms with Crippen molar-refractivity contribution in [3.63, 3.8) is 0 Å². The molecule has 0 radical (unpaired) electrons. The van der Waals surface area contributed by atoms with Gasteiger partial charge >= 0.3 is 11.8 Å². The van der Waals surface area contributed by atoms with Gasteiger partial charge in [0, 0.05) is 16.9 Å². The Morgan fingerprint density at radius 3 is 2.57 bits per heavy atom. The number of ether oxygens (including phenoxy) is 1. The first-order valence-corrected chi connectivity index (χ1v) is 7.96. The Morgan fingerprint density at radius 2 is 1.91 bits per heavy atom. The second-order valence-electron chi connectivity index (χ2n) is 5.04. The Hall–Kier alpha value is -2.09. The highest BCUT2D eigenvalue weighted by molar-refractivity contribution is 9.10. The van der Waals surface area contributed by atoms with E-state index in [0.29, 0.717) is 18.8 Å². The number of nitrogens with one attached hydrogen (secondary N) is 3. The smallest absolute Gasteiger partial charge is 0.327 e. The van der Waals surface area contributed by atoms with Gasteiger partial charge in [0.1, 0.15) is 5.75 Å². The van der Waals surface area contributed by atoms with Crippen molar-refractivity contribution in [1.29, 1.82) is 0 Å². The van der Waals surface area contributed by atoms with Gasteiger partial charge in [0.05, 0.1) is 6.61 Å². The van der Waals surface area contributed by atoms with Crippen LogP contribution in [0.1, 0.15) is 26.7 Å². The van der Waals surface area contributed by atoms with E-state index in [-0.39, 0.29) is 12.5 Å². The normalized spacial score (nSPS) is 10.1. The van der Waals surface area contributed by atoms with Gasteiger partial charge in [0.15, 0.2) is 0 Å². The van der Waals surface area contributed by atoms with E-state index in [2.05, 4.69) is 32.1 Å². The standard InChI is InChI=1S/C15H20BrN3O4/c1-10(2)17-14(21)15(22)19-18-13(20)7-4-8-23-12-6-3-5-11(16)9-12/h3,5-6,9-10H,4,7-8H2,1-2H3,(H,17,21)(H,18,20)(H,19,22). The van der Waals surface area contributed by atoms with Crippen LogP contribution in [0.5, 0.6) is 5.75 Å². The highest BCUT2D eigenvalue weighted by atomic mass is 79.9. The molecule has 0 aromatic heterocycles. The molecular weight excluding hydrogens is 366 g/mol. The van der Waals surface area contributed by atoms with Crippen LogP contribution >= 0.6 is 15.9 Å². The number of carbonyl (C=O) groups excluding carboxylic acids is 3. The van der Waals surface area contributed by atoms with Crippen molar-refractivity contribution < 1.29 is 19.1 Å². The lowest BCUT2D eigenvalue weighted by Gasteiger charge is -2.10. The number of rotatable bonds is 6. The molecule has 0 aliphatic carbocycles. The van der Waals surface area contributed by atoms with Gasteiger partial charge in [-0.05, 0) is 38.5 Å². The highest BCUT2D eigenvalue weighted by Crippen LogP contribution is 2.17. The van der Waals surface area contributed by atoms with E-state index >= 15 is 0 Å². The second-order valence-corrected chi connectivity index (χ2v) is 5.96. The minimum Gasteiger partial charge on any atom is -0.494 e. The lowest BCUT2D eigenvalue weighted by molar-refractivity contribution is -0.141. The zero-order valence-electron chi connectivity index (χ0n) is 13.0. The minimum absolute atomic E-state index is 0.154. The van der Waals surface area contributed by atoms with Gasteiger partial charge in [-0.3, -0.25) is 25.2 Å². The number of hydrazine groups is 1. The summed E-state index contributed by atoms with van der Waals surface area (Å²) in [4.78, 5) is 34.2. The van der Waals surface area contributed by atoms with Gasteiger partial charge in [0.25, 0.3) is 0 Å². The predicted octanol–water partition coefficient (Wildman–Crippen LogP) is 1.28. The van der Waals surface area contributed by atoms with Crippen LogP contribution in [0.4, 0.5) is 0 Å². The molecular formula is C15H20BrN3O4. The zero-order valence-corrected chi connectivity index (χ0v) is 14.6. The Morgan fingerprint density at radius 1 is 1.17 bits per heavy atom. The summed E-state index contributed by atoms with van der Waals surface area (Å²) in [6.07, 6.45) is 0.645. The first kappa shape index (κ1) is 19.0. The van der Waals surface area contributed by atoms with Crippen molar-refractivity contribution in [2.45, 2.75) is 32.7 Å². The molecule has 1 aromatic rings. The van der Waals surface area contributed by atoms with Crippen LogP contribution < -0.4 is 20.9 Å². The van der Waals surface area contributed by atoms with Crippen LogP contribution in [0.3, 0.4) is 0 Å². The fourth-order valence-electron chi connectivity index (χ4n) is 1.55. The monoisotopic (exact) mass is 385 g/mol. The molecule has 1 rings (SSSR count). The molecule has 1 aromatic carbocycles. The van der Waals surface area contributed by atoms with Crippen molar-refractivity contribution in [2.75, 3.05) is 6.61 Å². The van der Waals surface area contributed by atoms with Crippen LogP contribution in [-0.4, -0.2) is 30.4 Å². The summed E-state index contributed by atoms with van der Waals surface area (Å²) in [5.41, 5.74) is 4.24. The minimum atomic E-state index is -0.905. The summed E-state index contributed by atoms with van der Waals surface area (Å²) >= 11 is 3.34. The van der Waals surface area contributed by atoms with Crippen LogP contribution in [0.2, 0.25) is 0 Å².